The molecule has 0 fully saturated rings. The standard InChI is InChI=1S/C16H18ClN3O3/c1-2-3-9-18-14(21)11-23-15(22)8-7-12-16(17)19-13-6-4-5-10-20(12)13/h4-8,10H,2-3,9,11H2,1H3,(H,18,21)/b8-7+. The number of unbranched alkanes of at least 4 members (excludes halogenated alkanes) is 1. The normalized spacial score (nSPS) is 11.0. The average Bonchev–Trinajstić information content (AvgIpc) is 2.86. The van der Waals surface area contributed by atoms with E-state index in [4.69, 9.17) is 16.3 Å². The van der Waals surface area contributed by atoms with Gasteiger partial charge in [0.25, 0.3) is 5.91 Å². The van der Waals surface area contributed by atoms with E-state index >= 15 is 0 Å². The summed E-state index contributed by atoms with van der Waals surface area (Å²) in [5, 5.41) is 2.96. The maximum atomic E-state index is 11.7. The number of amides is 1. The lowest BCUT2D eigenvalue weighted by Gasteiger charge is -2.04. The number of nitrogens with one attached hydrogen (secondary N) is 1. The van der Waals surface area contributed by atoms with Crippen LogP contribution in [-0.4, -0.2) is 34.4 Å². The van der Waals surface area contributed by atoms with Crippen molar-refractivity contribution >= 4 is 35.2 Å². The van der Waals surface area contributed by atoms with Crippen LogP contribution >= 0.6 is 11.6 Å². The molecule has 0 radical (unpaired) electrons. The molecule has 2 aromatic heterocycles. The van der Waals surface area contributed by atoms with Crippen LogP contribution in [0.5, 0.6) is 0 Å². The highest BCUT2D eigenvalue weighted by Crippen LogP contribution is 2.18. The van der Waals surface area contributed by atoms with Crippen LogP contribution in [-0.2, 0) is 14.3 Å². The second kappa shape index (κ2) is 8.33. The van der Waals surface area contributed by atoms with Gasteiger partial charge in [0.05, 0.1) is 5.69 Å². The summed E-state index contributed by atoms with van der Waals surface area (Å²) in [6.07, 6.45) is 6.41. The number of aromatic nitrogens is 2. The van der Waals surface area contributed by atoms with Crippen LogP contribution in [0.3, 0.4) is 0 Å². The third kappa shape index (κ3) is 4.82. The highest BCUT2D eigenvalue weighted by Gasteiger charge is 2.08. The molecule has 122 valence electrons. The second-order valence-electron chi connectivity index (χ2n) is 4.86. The van der Waals surface area contributed by atoms with E-state index in [1.165, 1.54) is 12.2 Å². The van der Waals surface area contributed by atoms with Gasteiger partial charge in [-0.2, -0.15) is 0 Å². The van der Waals surface area contributed by atoms with Gasteiger partial charge in [-0.1, -0.05) is 31.0 Å². The number of halogens is 1. The molecule has 0 aliphatic heterocycles. The largest absolute Gasteiger partial charge is 0.452 e. The molecule has 0 aromatic carbocycles. The molecule has 0 bridgehead atoms. The maximum Gasteiger partial charge on any atom is 0.331 e. The summed E-state index contributed by atoms with van der Waals surface area (Å²) < 4.78 is 6.63. The Bertz CT molecular complexity index is 724. The number of rotatable bonds is 7. The van der Waals surface area contributed by atoms with Gasteiger partial charge < -0.3 is 10.1 Å². The van der Waals surface area contributed by atoms with Gasteiger partial charge in [-0.15, -0.1) is 0 Å². The van der Waals surface area contributed by atoms with Crippen LogP contribution < -0.4 is 5.32 Å². The van der Waals surface area contributed by atoms with E-state index in [1.807, 2.05) is 25.1 Å². The molecule has 0 unspecified atom stereocenters. The zero-order valence-corrected chi connectivity index (χ0v) is 13.5. The summed E-state index contributed by atoms with van der Waals surface area (Å²) in [6, 6.07) is 5.49. The third-order valence-electron chi connectivity index (χ3n) is 3.10. The Balaban J connectivity index is 1.90. The number of hydrogen-bond donors (Lipinski definition) is 1. The van der Waals surface area contributed by atoms with Crippen LogP contribution in [0.1, 0.15) is 25.5 Å². The van der Waals surface area contributed by atoms with Gasteiger partial charge in [0.2, 0.25) is 0 Å². The fourth-order valence-electron chi connectivity index (χ4n) is 1.92. The summed E-state index contributed by atoms with van der Waals surface area (Å²) >= 11 is 6.05. The van der Waals surface area contributed by atoms with Crippen molar-refractivity contribution in [3.05, 3.63) is 41.3 Å². The van der Waals surface area contributed by atoms with Crippen molar-refractivity contribution < 1.29 is 14.3 Å². The van der Waals surface area contributed by atoms with E-state index in [0.717, 1.165) is 12.8 Å². The minimum atomic E-state index is -0.613. The molecule has 2 rings (SSSR count). The summed E-state index contributed by atoms with van der Waals surface area (Å²) in [6.45, 7) is 2.32. The Morgan fingerprint density at radius 1 is 1.43 bits per heavy atom. The van der Waals surface area contributed by atoms with E-state index < -0.39 is 5.97 Å². The first-order chi connectivity index (χ1) is 11.1. The van der Waals surface area contributed by atoms with Gasteiger partial charge >= 0.3 is 5.97 Å². The SMILES string of the molecule is CCCCNC(=O)COC(=O)/C=C/c1c(Cl)nc2ccccn12. The molecule has 0 aliphatic rings. The number of fused-ring (bicyclic) bond motifs is 1. The lowest BCUT2D eigenvalue weighted by molar-refractivity contribution is -0.143. The summed E-state index contributed by atoms with van der Waals surface area (Å²) in [5.41, 5.74) is 1.26. The van der Waals surface area contributed by atoms with E-state index in [0.29, 0.717) is 17.9 Å². The fourth-order valence-corrected chi connectivity index (χ4v) is 2.16. The molecule has 7 heteroatoms. The summed E-state index contributed by atoms with van der Waals surface area (Å²) in [4.78, 5) is 27.3. The molecule has 23 heavy (non-hydrogen) atoms. The number of ether oxygens (including phenoxy) is 1. The van der Waals surface area contributed by atoms with Crippen LogP contribution in [0.25, 0.3) is 11.7 Å². The monoisotopic (exact) mass is 335 g/mol. The number of esters is 1. The predicted octanol–water partition coefficient (Wildman–Crippen LogP) is 2.46. The van der Waals surface area contributed by atoms with Crippen LogP contribution in [0, 0.1) is 0 Å². The van der Waals surface area contributed by atoms with E-state index in [1.54, 1.807) is 10.6 Å². The molecular weight excluding hydrogens is 318 g/mol. The molecule has 0 saturated carbocycles. The highest BCUT2D eigenvalue weighted by atomic mass is 35.5. The number of nitrogens with zero attached hydrogens (tertiary/aromatic N) is 2. The summed E-state index contributed by atoms with van der Waals surface area (Å²) in [5.74, 6) is -0.925. The van der Waals surface area contributed by atoms with Crippen molar-refractivity contribution in [2.24, 2.45) is 0 Å². The number of hydrogen-bond acceptors (Lipinski definition) is 4. The smallest absolute Gasteiger partial charge is 0.331 e. The molecule has 0 spiro atoms. The zero-order valence-electron chi connectivity index (χ0n) is 12.8. The van der Waals surface area contributed by atoms with E-state index in [2.05, 4.69) is 10.3 Å². The van der Waals surface area contributed by atoms with Gasteiger partial charge in [-0.05, 0) is 24.6 Å². The predicted molar refractivity (Wildman–Crippen MR) is 88.1 cm³/mol. The second-order valence-corrected chi connectivity index (χ2v) is 5.22. The molecule has 0 atom stereocenters. The first-order valence-electron chi connectivity index (χ1n) is 7.36. The van der Waals surface area contributed by atoms with Crippen molar-refractivity contribution in [2.75, 3.05) is 13.2 Å². The van der Waals surface area contributed by atoms with E-state index in [9.17, 15) is 9.59 Å². The highest BCUT2D eigenvalue weighted by molar-refractivity contribution is 6.31. The van der Waals surface area contributed by atoms with Crippen molar-refractivity contribution in [2.45, 2.75) is 19.8 Å². The van der Waals surface area contributed by atoms with Gasteiger partial charge in [0.1, 0.15) is 5.65 Å². The molecule has 1 N–H and O–H groups in total. The molecule has 0 saturated heterocycles. The Labute approximate surface area is 139 Å². The Hall–Kier alpha value is -2.34. The molecule has 0 aliphatic carbocycles. The Kier molecular flexibility index (Phi) is 6.17. The molecule has 2 heterocycles. The van der Waals surface area contributed by atoms with Crippen LogP contribution in [0.4, 0.5) is 0 Å². The fraction of sp³-hybridized carbons (Fsp3) is 0.312. The Morgan fingerprint density at radius 3 is 3.04 bits per heavy atom. The van der Waals surface area contributed by atoms with Crippen molar-refractivity contribution in [3.8, 4) is 0 Å². The number of imidazole rings is 1. The lowest BCUT2D eigenvalue weighted by atomic mass is 10.3. The first kappa shape index (κ1) is 17.0. The van der Waals surface area contributed by atoms with E-state index in [-0.39, 0.29) is 17.7 Å². The summed E-state index contributed by atoms with van der Waals surface area (Å²) in [7, 11) is 0. The molecule has 6 nitrogen and oxygen atoms in total. The van der Waals surface area contributed by atoms with Gasteiger partial charge in [0, 0.05) is 18.8 Å². The molecule has 2 aromatic rings. The topological polar surface area (TPSA) is 72.7 Å². The first-order valence-corrected chi connectivity index (χ1v) is 7.73. The zero-order chi connectivity index (χ0) is 16.7. The number of carbonyl (C=O) groups excluding carboxylic acids is 2. The molecule has 1 amide bonds. The quantitative estimate of drug-likeness (QED) is 0.479. The van der Waals surface area contributed by atoms with Crippen molar-refractivity contribution in [3.63, 3.8) is 0 Å². The number of pyridine rings is 1. The van der Waals surface area contributed by atoms with Crippen molar-refractivity contribution in [1.29, 1.82) is 0 Å². The Morgan fingerprint density at radius 2 is 2.26 bits per heavy atom. The van der Waals surface area contributed by atoms with Gasteiger partial charge in [-0.3, -0.25) is 9.20 Å². The van der Waals surface area contributed by atoms with Gasteiger partial charge in [0.15, 0.2) is 11.8 Å². The minimum Gasteiger partial charge on any atom is -0.452 e. The average molecular weight is 336 g/mol. The number of carbonyl (C=O) groups is 2. The van der Waals surface area contributed by atoms with Crippen molar-refractivity contribution in [1.82, 2.24) is 14.7 Å². The maximum absolute atomic E-state index is 11.7. The van der Waals surface area contributed by atoms with Crippen LogP contribution in [0.2, 0.25) is 5.15 Å². The van der Waals surface area contributed by atoms with Crippen LogP contribution in [0.15, 0.2) is 30.5 Å². The molecular formula is C16H18ClN3O3. The lowest BCUT2D eigenvalue weighted by Crippen LogP contribution is -2.29. The van der Waals surface area contributed by atoms with Gasteiger partial charge in [-0.25, -0.2) is 9.78 Å². The third-order valence-corrected chi connectivity index (χ3v) is 3.38. The minimum absolute atomic E-state index is 0.289.